The third-order valence-electron chi connectivity index (χ3n) is 2.85. The van der Waals surface area contributed by atoms with E-state index in [9.17, 15) is 0 Å². The molecule has 0 saturated heterocycles. The molecule has 1 aromatic carbocycles. The van der Waals surface area contributed by atoms with Gasteiger partial charge in [0.15, 0.2) is 0 Å². The summed E-state index contributed by atoms with van der Waals surface area (Å²) in [5.74, 6) is 1.36. The second kappa shape index (κ2) is 6.67. The fraction of sp³-hybridized carbons (Fsp3) is 0.188. The van der Waals surface area contributed by atoms with E-state index in [2.05, 4.69) is 55.5 Å². The first-order valence-corrected chi connectivity index (χ1v) is 5.73. The van der Waals surface area contributed by atoms with Crippen LogP contribution in [0.15, 0.2) is 60.2 Å². The molecule has 0 N–H and O–H groups in total. The number of hydrogen-bond donors (Lipinski definition) is 0. The van der Waals surface area contributed by atoms with Gasteiger partial charge in [0.2, 0.25) is 0 Å². The summed E-state index contributed by atoms with van der Waals surface area (Å²) in [4.78, 5) is 0. The van der Waals surface area contributed by atoms with Crippen LogP contribution in [0.5, 0.6) is 0 Å². The summed E-state index contributed by atoms with van der Waals surface area (Å²) in [5, 5.41) is 0. The Kier molecular flexibility index (Phi) is 5.51. The first-order chi connectivity index (χ1) is 7.81. The minimum atomic E-state index is 0. The first-order valence-electron chi connectivity index (χ1n) is 5.73. The van der Waals surface area contributed by atoms with Crippen molar-refractivity contribution in [2.24, 2.45) is 0 Å². The van der Waals surface area contributed by atoms with Crippen molar-refractivity contribution in [1.82, 2.24) is 0 Å². The van der Waals surface area contributed by atoms with E-state index >= 15 is 0 Å². The van der Waals surface area contributed by atoms with Crippen molar-refractivity contribution in [1.29, 1.82) is 0 Å². The zero-order chi connectivity index (χ0) is 11.4. The predicted molar refractivity (Wildman–Crippen MR) is 70.2 cm³/mol. The average Bonchev–Trinajstić information content (AvgIpc) is 2.30. The first kappa shape index (κ1) is 14.1. The largest absolute Gasteiger partial charge is 0.142 e. The number of allylic oxidation sites excluding steroid dienone is 6. The van der Waals surface area contributed by atoms with Gasteiger partial charge in [-0.1, -0.05) is 37.6 Å². The van der Waals surface area contributed by atoms with Crippen LogP contribution in [0.3, 0.4) is 0 Å². The van der Waals surface area contributed by atoms with Gasteiger partial charge in [0, 0.05) is 21.1 Å². The molecule has 0 bridgehead atoms. The van der Waals surface area contributed by atoms with Gasteiger partial charge < -0.3 is 0 Å². The van der Waals surface area contributed by atoms with E-state index in [1.165, 1.54) is 22.6 Å². The van der Waals surface area contributed by atoms with E-state index in [0.717, 1.165) is 6.42 Å². The number of rotatable bonds is 2. The van der Waals surface area contributed by atoms with Crippen LogP contribution in [0.1, 0.15) is 25.0 Å². The molecule has 0 fully saturated rings. The Morgan fingerprint density at radius 3 is 2.71 bits per heavy atom. The van der Waals surface area contributed by atoms with E-state index < -0.39 is 0 Å². The topological polar surface area (TPSA) is 0 Å². The molecule has 0 radical (unpaired) electrons. The summed E-state index contributed by atoms with van der Waals surface area (Å²) >= 11 is 0. The van der Waals surface area contributed by atoms with Crippen molar-refractivity contribution >= 4 is 0 Å². The van der Waals surface area contributed by atoms with E-state index in [0.29, 0.717) is 0 Å². The molecular formula is C16H17W-. The van der Waals surface area contributed by atoms with Crippen LogP contribution in [-0.2, 0) is 27.5 Å². The molecule has 0 aromatic heterocycles. The zero-order valence-corrected chi connectivity index (χ0v) is 13.2. The minimum Gasteiger partial charge on any atom is -0.142 e. The van der Waals surface area contributed by atoms with Gasteiger partial charge in [-0.25, -0.2) is 0 Å². The molecular weight excluding hydrogens is 376 g/mol. The molecule has 1 heteroatoms. The van der Waals surface area contributed by atoms with Crippen molar-refractivity contribution in [2.45, 2.75) is 20.3 Å². The van der Waals surface area contributed by atoms with Crippen molar-refractivity contribution < 1.29 is 21.1 Å². The maximum Gasteiger partial charge on any atom is 0 e. The second-order valence-electron chi connectivity index (χ2n) is 4.12. The fourth-order valence-corrected chi connectivity index (χ4v) is 2.08. The molecule has 0 amide bonds. The average molecular weight is 393 g/mol. The molecule has 1 aliphatic carbocycles. The van der Waals surface area contributed by atoms with E-state index in [4.69, 9.17) is 0 Å². The number of fused-ring (bicyclic) bond motifs is 1. The smallest absolute Gasteiger partial charge is 0 e. The predicted octanol–water partition coefficient (Wildman–Crippen LogP) is 4.24. The van der Waals surface area contributed by atoms with Gasteiger partial charge in [-0.2, -0.15) is 0 Å². The zero-order valence-electron chi connectivity index (χ0n) is 10.3. The number of hydrogen-bond acceptors (Lipinski definition) is 0. The van der Waals surface area contributed by atoms with Crippen LogP contribution in [0.25, 0.3) is 0 Å². The van der Waals surface area contributed by atoms with Gasteiger partial charge in [0.25, 0.3) is 0 Å². The third-order valence-corrected chi connectivity index (χ3v) is 2.85. The molecule has 0 saturated carbocycles. The molecule has 1 aliphatic rings. The Hall–Kier alpha value is -1.00. The van der Waals surface area contributed by atoms with Gasteiger partial charge in [-0.3, -0.25) is 0 Å². The van der Waals surface area contributed by atoms with Gasteiger partial charge in [0.05, 0.1) is 0 Å². The molecule has 0 atom stereocenters. The number of benzene rings is 1. The molecule has 0 unspecified atom stereocenters. The molecule has 0 nitrogen and oxygen atoms in total. The molecule has 88 valence electrons. The Morgan fingerprint density at radius 1 is 1.18 bits per heavy atom. The Balaban J connectivity index is 0.00000144. The SMILES string of the molecule is C/C=C\C=C/C1=C[C-](C)c2ccccc2C1.[W]. The van der Waals surface area contributed by atoms with Crippen LogP contribution in [-0.4, -0.2) is 0 Å². The second-order valence-corrected chi connectivity index (χ2v) is 4.12. The van der Waals surface area contributed by atoms with Crippen molar-refractivity contribution in [2.75, 3.05) is 0 Å². The molecule has 2 rings (SSSR count). The summed E-state index contributed by atoms with van der Waals surface area (Å²) in [6.07, 6.45) is 11.7. The van der Waals surface area contributed by atoms with E-state index in [1.807, 2.05) is 13.0 Å². The van der Waals surface area contributed by atoms with Crippen LogP contribution in [0, 0.1) is 5.92 Å². The van der Waals surface area contributed by atoms with Crippen molar-refractivity contribution in [3.63, 3.8) is 0 Å². The van der Waals surface area contributed by atoms with Gasteiger partial charge >= 0.3 is 0 Å². The summed E-state index contributed by atoms with van der Waals surface area (Å²) in [5.41, 5.74) is 4.21. The van der Waals surface area contributed by atoms with Crippen LogP contribution < -0.4 is 0 Å². The third kappa shape index (κ3) is 3.48. The Morgan fingerprint density at radius 2 is 1.94 bits per heavy atom. The maximum absolute atomic E-state index is 2.28. The fourth-order valence-electron chi connectivity index (χ4n) is 2.08. The van der Waals surface area contributed by atoms with Crippen molar-refractivity contribution in [3.8, 4) is 0 Å². The summed E-state index contributed by atoms with van der Waals surface area (Å²) in [7, 11) is 0. The molecule has 1 aromatic rings. The van der Waals surface area contributed by atoms with Crippen molar-refractivity contribution in [3.05, 3.63) is 77.3 Å². The van der Waals surface area contributed by atoms with Gasteiger partial charge in [-0.05, 0) is 6.92 Å². The molecule has 0 heterocycles. The minimum absolute atomic E-state index is 0. The quantitative estimate of drug-likeness (QED) is 0.521. The van der Waals surface area contributed by atoms with E-state index in [1.54, 1.807) is 0 Å². The normalized spacial score (nSPS) is 14.7. The van der Waals surface area contributed by atoms with Gasteiger partial charge in [0.1, 0.15) is 0 Å². The van der Waals surface area contributed by atoms with Crippen LogP contribution in [0.2, 0.25) is 0 Å². The summed E-state index contributed by atoms with van der Waals surface area (Å²) < 4.78 is 0. The van der Waals surface area contributed by atoms with E-state index in [-0.39, 0.29) is 21.1 Å². The molecule has 0 aliphatic heterocycles. The Labute approximate surface area is 118 Å². The molecule has 0 spiro atoms. The van der Waals surface area contributed by atoms with Crippen LogP contribution >= 0.6 is 0 Å². The summed E-state index contributed by atoms with van der Waals surface area (Å²) in [6, 6.07) is 8.64. The van der Waals surface area contributed by atoms with Crippen LogP contribution in [0.4, 0.5) is 0 Å². The Bertz CT molecular complexity index is 452. The monoisotopic (exact) mass is 393 g/mol. The molecule has 17 heavy (non-hydrogen) atoms. The summed E-state index contributed by atoms with van der Waals surface area (Å²) in [6.45, 7) is 4.22. The maximum atomic E-state index is 2.28. The standard InChI is InChI=1S/C16H17.W/c1-3-4-5-8-14-11-13(2)16-10-7-6-9-15(16)12-14;/h3-11H,12H2,1-2H3;/q-1;/b4-3-,8-5-;. The van der Waals surface area contributed by atoms with Gasteiger partial charge in [-0.15, -0.1) is 53.0 Å².